The fourth-order valence-electron chi connectivity index (χ4n) is 3.38. The Hall–Kier alpha value is -3.13. The lowest BCUT2D eigenvalue weighted by Crippen LogP contribution is -2.43. The summed E-state index contributed by atoms with van der Waals surface area (Å²) in [6.45, 7) is -0.479. The van der Waals surface area contributed by atoms with E-state index in [2.05, 4.69) is 15.8 Å². The standard InChI is InChI=1S/C20H19N3O4S/c24-18(22-23-19(25)17-6-3-9-28-17)11-27-20(26)12-7-8-16-14(10-12)13-4-1-2-5-15(13)21-16/h3,6-10,21H,1-2,4-5,11H2,(H,22,24)(H,23,25). The molecular formula is C20H19N3O4S. The summed E-state index contributed by atoms with van der Waals surface area (Å²) in [6.07, 6.45) is 4.35. The molecule has 0 aliphatic heterocycles. The monoisotopic (exact) mass is 397 g/mol. The molecule has 144 valence electrons. The number of H-pyrrole nitrogens is 1. The third-order valence-electron chi connectivity index (χ3n) is 4.73. The van der Waals surface area contributed by atoms with Crippen LogP contribution in [0.25, 0.3) is 10.9 Å². The Bertz CT molecular complexity index is 1040. The second kappa shape index (κ2) is 7.85. The minimum atomic E-state index is -0.613. The molecule has 8 heteroatoms. The van der Waals surface area contributed by atoms with Gasteiger partial charge in [-0.25, -0.2) is 4.79 Å². The summed E-state index contributed by atoms with van der Waals surface area (Å²) in [5.41, 5.74) is 8.43. The molecule has 3 aromatic rings. The largest absolute Gasteiger partial charge is 0.452 e. The Balaban J connectivity index is 1.34. The lowest BCUT2D eigenvalue weighted by Gasteiger charge is -2.10. The SMILES string of the molecule is O=C(COC(=O)c1ccc2[nH]c3c(c2c1)CCCC3)NNC(=O)c1cccs1. The molecule has 0 spiro atoms. The quantitative estimate of drug-likeness (QED) is 0.465. The Labute approximate surface area is 165 Å². The van der Waals surface area contributed by atoms with Crippen LogP contribution in [0.1, 0.15) is 44.1 Å². The number of rotatable bonds is 4. The number of hydrogen-bond donors (Lipinski definition) is 3. The number of thiophene rings is 1. The van der Waals surface area contributed by atoms with E-state index in [4.69, 9.17) is 4.74 Å². The van der Waals surface area contributed by atoms with E-state index in [1.165, 1.54) is 29.0 Å². The minimum Gasteiger partial charge on any atom is -0.452 e. The number of nitrogens with one attached hydrogen (secondary N) is 3. The average molecular weight is 397 g/mol. The summed E-state index contributed by atoms with van der Waals surface area (Å²) in [4.78, 5) is 39.8. The van der Waals surface area contributed by atoms with Crippen LogP contribution in [0.2, 0.25) is 0 Å². The number of fused-ring (bicyclic) bond motifs is 3. The molecule has 0 radical (unpaired) electrons. The summed E-state index contributed by atoms with van der Waals surface area (Å²) in [6, 6.07) is 8.74. The van der Waals surface area contributed by atoms with E-state index in [1.807, 2.05) is 12.1 Å². The second-order valence-electron chi connectivity index (χ2n) is 6.61. The van der Waals surface area contributed by atoms with Crippen LogP contribution in [-0.2, 0) is 22.4 Å². The Morgan fingerprint density at radius 3 is 2.79 bits per heavy atom. The fourth-order valence-corrected chi connectivity index (χ4v) is 4.00. The highest BCUT2D eigenvalue weighted by Crippen LogP contribution is 2.29. The molecule has 0 bridgehead atoms. The predicted octanol–water partition coefficient (Wildman–Crippen LogP) is 2.73. The highest BCUT2D eigenvalue weighted by atomic mass is 32.1. The van der Waals surface area contributed by atoms with E-state index in [0.717, 1.165) is 30.2 Å². The Morgan fingerprint density at radius 1 is 1.11 bits per heavy atom. The van der Waals surface area contributed by atoms with E-state index in [0.29, 0.717) is 10.4 Å². The number of carbonyl (C=O) groups excluding carboxylic acids is 3. The molecule has 2 aromatic heterocycles. The first-order valence-corrected chi connectivity index (χ1v) is 9.93. The van der Waals surface area contributed by atoms with Crippen molar-refractivity contribution in [1.82, 2.24) is 15.8 Å². The number of aromatic nitrogens is 1. The summed E-state index contributed by atoms with van der Waals surface area (Å²) < 4.78 is 5.07. The van der Waals surface area contributed by atoms with Gasteiger partial charge in [0.1, 0.15) is 0 Å². The maximum absolute atomic E-state index is 12.3. The van der Waals surface area contributed by atoms with Crippen molar-refractivity contribution in [2.75, 3.05) is 6.61 Å². The number of hydrazine groups is 1. The van der Waals surface area contributed by atoms with Gasteiger partial charge in [-0.05, 0) is 60.9 Å². The molecule has 7 nitrogen and oxygen atoms in total. The number of benzene rings is 1. The van der Waals surface area contributed by atoms with Gasteiger partial charge < -0.3 is 9.72 Å². The maximum atomic E-state index is 12.3. The van der Waals surface area contributed by atoms with Crippen molar-refractivity contribution in [2.45, 2.75) is 25.7 Å². The average Bonchev–Trinajstić information content (AvgIpc) is 3.37. The van der Waals surface area contributed by atoms with Gasteiger partial charge >= 0.3 is 5.97 Å². The molecule has 2 heterocycles. The molecule has 28 heavy (non-hydrogen) atoms. The van der Waals surface area contributed by atoms with Crippen molar-refractivity contribution >= 4 is 40.0 Å². The zero-order valence-corrected chi connectivity index (χ0v) is 15.9. The van der Waals surface area contributed by atoms with E-state index >= 15 is 0 Å². The summed E-state index contributed by atoms with van der Waals surface area (Å²) in [7, 11) is 0. The molecule has 1 aromatic carbocycles. The summed E-state index contributed by atoms with van der Waals surface area (Å²) in [5.74, 6) is -1.61. The number of carbonyl (C=O) groups is 3. The van der Waals surface area contributed by atoms with Crippen molar-refractivity contribution in [3.63, 3.8) is 0 Å². The molecule has 1 aliphatic rings. The Kier molecular flexibility index (Phi) is 5.12. The number of amides is 2. The third-order valence-corrected chi connectivity index (χ3v) is 5.60. The second-order valence-corrected chi connectivity index (χ2v) is 7.55. The highest BCUT2D eigenvalue weighted by molar-refractivity contribution is 7.12. The minimum absolute atomic E-state index is 0.398. The van der Waals surface area contributed by atoms with Crippen molar-refractivity contribution in [3.05, 3.63) is 57.4 Å². The first-order chi connectivity index (χ1) is 13.6. The van der Waals surface area contributed by atoms with Gasteiger partial charge in [0.25, 0.3) is 11.8 Å². The van der Waals surface area contributed by atoms with Crippen LogP contribution in [0.4, 0.5) is 0 Å². The van der Waals surface area contributed by atoms with Gasteiger partial charge in [0.05, 0.1) is 10.4 Å². The number of hydrogen-bond acceptors (Lipinski definition) is 5. The van der Waals surface area contributed by atoms with Gasteiger partial charge in [0, 0.05) is 16.6 Å². The molecule has 2 amide bonds. The number of aryl methyl sites for hydroxylation is 2. The van der Waals surface area contributed by atoms with E-state index in [9.17, 15) is 14.4 Å². The fraction of sp³-hybridized carbons (Fsp3) is 0.250. The van der Waals surface area contributed by atoms with Crippen LogP contribution >= 0.6 is 11.3 Å². The lowest BCUT2D eigenvalue weighted by molar-refractivity contribution is -0.125. The molecule has 1 aliphatic carbocycles. The lowest BCUT2D eigenvalue weighted by atomic mass is 9.95. The van der Waals surface area contributed by atoms with Crippen LogP contribution < -0.4 is 10.9 Å². The molecule has 0 saturated heterocycles. The van der Waals surface area contributed by atoms with Crippen molar-refractivity contribution < 1.29 is 19.1 Å². The van der Waals surface area contributed by atoms with Crippen LogP contribution in [-0.4, -0.2) is 29.4 Å². The van der Waals surface area contributed by atoms with Gasteiger partial charge in [-0.15, -0.1) is 11.3 Å². The molecule has 3 N–H and O–H groups in total. The van der Waals surface area contributed by atoms with Gasteiger partial charge in [0.2, 0.25) is 0 Å². The van der Waals surface area contributed by atoms with Crippen LogP contribution in [0, 0.1) is 0 Å². The number of ether oxygens (including phenoxy) is 1. The third kappa shape index (κ3) is 3.77. The summed E-state index contributed by atoms with van der Waals surface area (Å²) >= 11 is 1.26. The number of esters is 1. The Morgan fingerprint density at radius 2 is 1.96 bits per heavy atom. The normalized spacial score (nSPS) is 13.0. The zero-order chi connectivity index (χ0) is 19.5. The van der Waals surface area contributed by atoms with Crippen LogP contribution in [0.5, 0.6) is 0 Å². The summed E-state index contributed by atoms with van der Waals surface area (Å²) in [5, 5.41) is 2.80. The topological polar surface area (TPSA) is 100 Å². The molecule has 0 atom stereocenters. The van der Waals surface area contributed by atoms with Gasteiger partial charge in [-0.2, -0.15) is 0 Å². The zero-order valence-electron chi connectivity index (χ0n) is 15.0. The molecule has 0 fully saturated rings. The van der Waals surface area contributed by atoms with Gasteiger partial charge in [-0.3, -0.25) is 20.4 Å². The highest BCUT2D eigenvalue weighted by Gasteiger charge is 2.18. The first-order valence-electron chi connectivity index (χ1n) is 9.05. The van der Waals surface area contributed by atoms with Crippen LogP contribution in [0.15, 0.2) is 35.7 Å². The molecule has 0 saturated carbocycles. The van der Waals surface area contributed by atoms with Gasteiger partial charge in [0.15, 0.2) is 6.61 Å². The number of aromatic amines is 1. The maximum Gasteiger partial charge on any atom is 0.338 e. The van der Waals surface area contributed by atoms with E-state index < -0.39 is 24.4 Å². The molecule has 4 rings (SSSR count). The van der Waals surface area contributed by atoms with Gasteiger partial charge in [-0.1, -0.05) is 6.07 Å². The van der Waals surface area contributed by atoms with Crippen LogP contribution in [0.3, 0.4) is 0 Å². The first kappa shape index (κ1) is 18.2. The van der Waals surface area contributed by atoms with Crippen molar-refractivity contribution in [1.29, 1.82) is 0 Å². The molecular weight excluding hydrogens is 378 g/mol. The van der Waals surface area contributed by atoms with Crippen molar-refractivity contribution in [2.24, 2.45) is 0 Å². The van der Waals surface area contributed by atoms with Crippen molar-refractivity contribution in [3.8, 4) is 0 Å². The smallest absolute Gasteiger partial charge is 0.338 e. The molecule has 0 unspecified atom stereocenters. The van der Waals surface area contributed by atoms with E-state index in [1.54, 1.807) is 23.6 Å². The predicted molar refractivity (Wildman–Crippen MR) is 105 cm³/mol. The van der Waals surface area contributed by atoms with E-state index in [-0.39, 0.29) is 0 Å².